The van der Waals surface area contributed by atoms with E-state index in [0.29, 0.717) is 5.56 Å². The number of carbonyl (C=O) groups excluding carboxylic acids is 1. The van der Waals surface area contributed by atoms with Crippen molar-refractivity contribution in [2.75, 3.05) is 7.11 Å². The molecule has 0 fully saturated rings. The van der Waals surface area contributed by atoms with E-state index in [9.17, 15) is 9.90 Å². The lowest BCUT2D eigenvalue weighted by Crippen LogP contribution is -2.33. The predicted molar refractivity (Wildman–Crippen MR) is 56.5 cm³/mol. The Balaban J connectivity index is 2.76. The minimum absolute atomic E-state index is 0.161. The van der Waals surface area contributed by atoms with Gasteiger partial charge < -0.3 is 15.6 Å². The Bertz CT molecular complexity index is 363. The SMILES string of the molecule is COC(=O)[C@H](N)Cc1ccc(C)cc1O. The maximum atomic E-state index is 11.1. The van der Waals surface area contributed by atoms with Gasteiger partial charge in [0.05, 0.1) is 7.11 Å². The first-order chi connectivity index (χ1) is 7.04. The van der Waals surface area contributed by atoms with Crippen LogP contribution in [0.2, 0.25) is 0 Å². The van der Waals surface area contributed by atoms with Crippen LogP contribution in [0.1, 0.15) is 11.1 Å². The van der Waals surface area contributed by atoms with Crippen LogP contribution in [0.4, 0.5) is 0 Å². The van der Waals surface area contributed by atoms with Crippen molar-refractivity contribution in [1.82, 2.24) is 0 Å². The summed E-state index contributed by atoms with van der Waals surface area (Å²) in [7, 11) is 1.29. The third-order valence-corrected chi connectivity index (χ3v) is 2.18. The number of carbonyl (C=O) groups is 1. The van der Waals surface area contributed by atoms with E-state index in [1.54, 1.807) is 12.1 Å². The molecule has 15 heavy (non-hydrogen) atoms. The van der Waals surface area contributed by atoms with Gasteiger partial charge in [0.2, 0.25) is 0 Å². The van der Waals surface area contributed by atoms with Gasteiger partial charge in [0.1, 0.15) is 11.8 Å². The van der Waals surface area contributed by atoms with Gasteiger partial charge in [-0.15, -0.1) is 0 Å². The first-order valence-corrected chi connectivity index (χ1v) is 4.66. The molecule has 0 saturated heterocycles. The smallest absolute Gasteiger partial charge is 0.322 e. The molecule has 0 spiro atoms. The number of hydrogen-bond acceptors (Lipinski definition) is 4. The van der Waals surface area contributed by atoms with E-state index in [-0.39, 0.29) is 12.2 Å². The monoisotopic (exact) mass is 209 g/mol. The Morgan fingerprint density at radius 1 is 1.60 bits per heavy atom. The lowest BCUT2D eigenvalue weighted by molar-refractivity contribution is -0.142. The number of aryl methyl sites for hydroxylation is 1. The molecule has 1 atom stereocenters. The first-order valence-electron chi connectivity index (χ1n) is 4.66. The van der Waals surface area contributed by atoms with Crippen molar-refractivity contribution in [3.05, 3.63) is 29.3 Å². The minimum atomic E-state index is -0.733. The van der Waals surface area contributed by atoms with E-state index < -0.39 is 12.0 Å². The summed E-state index contributed by atoms with van der Waals surface area (Å²) in [6.07, 6.45) is 0.277. The zero-order valence-electron chi connectivity index (χ0n) is 8.86. The van der Waals surface area contributed by atoms with Crippen LogP contribution in [-0.2, 0) is 16.0 Å². The van der Waals surface area contributed by atoms with Gasteiger partial charge in [-0.2, -0.15) is 0 Å². The van der Waals surface area contributed by atoms with Gasteiger partial charge in [-0.1, -0.05) is 12.1 Å². The molecule has 0 saturated carbocycles. The highest BCUT2D eigenvalue weighted by Crippen LogP contribution is 2.19. The van der Waals surface area contributed by atoms with Crippen LogP contribution in [0.5, 0.6) is 5.75 Å². The van der Waals surface area contributed by atoms with Crippen molar-refractivity contribution in [3.8, 4) is 5.75 Å². The molecule has 4 heteroatoms. The predicted octanol–water partition coefficient (Wildman–Crippen LogP) is 0.743. The van der Waals surface area contributed by atoms with Crippen molar-refractivity contribution in [2.45, 2.75) is 19.4 Å². The molecule has 0 aromatic heterocycles. The molecule has 4 nitrogen and oxygen atoms in total. The summed E-state index contributed by atoms with van der Waals surface area (Å²) in [6.45, 7) is 1.88. The molecule has 0 aliphatic rings. The summed E-state index contributed by atoms with van der Waals surface area (Å²) >= 11 is 0. The second-order valence-electron chi connectivity index (χ2n) is 3.47. The normalized spacial score (nSPS) is 12.2. The van der Waals surface area contributed by atoms with E-state index in [4.69, 9.17) is 5.73 Å². The van der Waals surface area contributed by atoms with Gasteiger partial charge >= 0.3 is 5.97 Å². The summed E-state index contributed by atoms with van der Waals surface area (Å²) in [5.41, 5.74) is 7.19. The van der Waals surface area contributed by atoms with Gasteiger partial charge in [0.15, 0.2) is 0 Å². The van der Waals surface area contributed by atoms with Gasteiger partial charge in [0, 0.05) is 6.42 Å². The molecule has 0 amide bonds. The average molecular weight is 209 g/mol. The molecule has 0 aliphatic heterocycles. The topological polar surface area (TPSA) is 72.5 Å². The van der Waals surface area contributed by atoms with Crippen molar-refractivity contribution in [1.29, 1.82) is 0 Å². The molecule has 3 N–H and O–H groups in total. The molecular weight excluding hydrogens is 194 g/mol. The largest absolute Gasteiger partial charge is 0.508 e. The molecule has 82 valence electrons. The molecule has 0 radical (unpaired) electrons. The number of nitrogens with two attached hydrogens (primary N) is 1. The Morgan fingerprint density at radius 2 is 2.27 bits per heavy atom. The van der Waals surface area contributed by atoms with Crippen LogP contribution in [-0.4, -0.2) is 24.2 Å². The number of phenols is 1. The van der Waals surface area contributed by atoms with Gasteiger partial charge in [0.25, 0.3) is 0 Å². The number of aromatic hydroxyl groups is 1. The third kappa shape index (κ3) is 2.95. The number of phenolic OH excluding ortho intramolecular Hbond substituents is 1. The maximum absolute atomic E-state index is 11.1. The second kappa shape index (κ2) is 4.79. The lowest BCUT2D eigenvalue weighted by atomic mass is 10.0. The van der Waals surface area contributed by atoms with E-state index >= 15 is 0 Å². The Kier molecular flexibility index (Phi) is 3.68. The molecule has 1 aromatic carbocycles. The highest BCUT2D eigenvalue weighted by molar-refractivity contribution is 5.75. The number of ether oxygens (including phenoxy) is 1. The van der Waals surface area contributed by atoms with Crippen LogP contribution < -0.4 is 5.73 Å². The molecule has 0 heterocycles. The van der Waals surface area contributed by atoms with Crippen LogP contribution in [0.3, 0.4) is 0 Å². The van der Waals surface area contributed by atoms with E-state index in [1.165, 1.54) is 7.11 Å². The molecule has 1 aromatic rings. The molecule has 1 rings (SSSR count). The molecule has 0 bridgehead atoms. The number of benzene rings is 1. The van der Waals surface area contributed by atoms with Crippen LogP contribution in [0.15, 0.2) is 18.2 Å². The number of methoxy groups -OCH3 is 1. The second-order valence-corrected chi connectivity index (χ2v) is 3.47. The van der Waals surface area contributed by atoms with E-state index in [0.717, 1.165) is 5.56 Å². The standard InChI is InChI=1S/C11H15NO3/c1-7-3-4-8(10(13)5-7)6-9(12)11(14)15-2/h3-5,9,13H,6,12H2,1-2H3/t9-/m1/s1. The third-order valence-electron chi connectivity index (χ3n) is 2.18. The summed E-state index contributed by atoms with van der Waals surface area (Å²) in [5, 5.41) is 9.59. The fourth-order valence-electron chi connectivity index (χ4n) is 1.32. The van der Waals surface area contributed by atoms with Crippen LogP contribution >= 0.6 is 0 Å². The zero-order chi connectivity index (χ0) is 11.4. The minimum Gasteiger partial charge on any atom is -0.508 e. The summed E-state index contributed by atoms with van der Waals surface area (Å²) in [6, 6.07) is 4.52. The molecule has 0 aliphatic carbocycles. The van der Waals surface area contributed by atoms with Crippen molar-refractivity contribution < 1.29 is 14.6 Å². The average Bonchev–Trinajstić information content (AvgIpc) is 2.20. The van der Waals surface area contributed by atoms with Crippen LogP contribution in [0.25, 0.3) is 0 Å². The lowest BCUT2D eigenvalue weighted by Gasteiger charge is -2.10. The molecule has 0 unspecified atom stereocenters. The van der Waals surface area contributed by atoms with E-state index in [2.05, 4.69) is 4.74 Å². The van der Waals surface area contributed by atoms with E-state index in [1.807, 2.05) is 13.0 Å². The number of rotatable bonds is 3. The Morgan fingerprint density at radius 3 is 2.80 bits per heavy atom. The van der Waals surface area contributed by atoms with Gasteiger partial charge in [-0.25, -0.2) is 0 Å². The van der Waals surface area contributed by atoms with Crippen molar-refractivity contribution in [2.24, 2.45) is 5.73 Å². The highest BCUT2D eigenvalue weighted by atomic mass is 16.5. The van der Waals surface area contributed by atoms with Crippen molar-refractivity contribution >= 4 is 5.97 Å². The van der Waals surface area contributed by atoms with Gasteiger partial charge in [-0.05, 0) is 24.1 Å². The summed E-state index contributed by atoms with van der Waals surface area (Å²) in [5.74, 6) is -0.315. The highest BCUT2D eigenvalue weighted by Gasteiger charge is 2.15. The first kappa shape index (κ1) is 11.5. The van der Waals surface area contributed by atoms with Crippen LogP contribution in [0, 0.1) is 6.92 Å². The number of hydrogen-bond donors (Lipinski definition) is 2. The summed E-state index contributed by atoms with van der Waals surface area (Å²) in [4.78, 5) is 11.1. The quantitative estimate of drug-likeness (QED) is 0.720. The van der Waals surface area contributed by atoms with Gasteiger partial charge in [-0.3, -0.25) is 4.79 Å². The Labute approximate surface area is 88.7 Å². The zero-order valence-corrected chi connectivity index (χ0v) is 8.86. The fourth-order valence-corrected chi connectivity index (χ4v) is 1.32. The maximum Gasteiger partial charge on any atom is 0.322 e. The molecular formula is C11H15NO3. The Hall–Kier alpha value is -1.55. The summed E-state index contributed by atoms with van der Waals surface area (Å²) < 4.78 is 4.50. The van der Waals surface area contributed by atoms with Crippen molar-refractivity contribution in [3.63, 3.8) is 0 Å². The fraction of sp³-hybridized carbons (Fsp3) is 0.364. The number of esters is 1.